The van der Waals surface area contributed by atoms with Gasteiger partial charge in [0, 0.05) is 57.6 Å². The molecule has 3 saturated heterocycles. The number of aliphatic hydroxyl groups excluding tert-OH is 3. The number of hydrogen-bond acceptors (Lipinski definition) is 23. The Morgan fingerprint density at radius 3 is 0.895 bits per heavy atom. The van der Waals surface area contributed by atoms with Gasteiger partial charge in [-0.1, -0.05) is 120 Å². The third kappa shape index (κ3) is 9.65. The molecule has 18 rings (SSSR count). The molecule has 0 spiro atoms. The highest BCUT2D eigenvalue weighted by Gasteiger charge is 2.84. The van der Waals surface area contributed by atoms with Crippen LogP contribution in [0.25, 0.3) is 0 Å². The van der Waals surface area contributed by atoms with Crippen LogP contribution in [0.2, 0.25) is 0 Å². The van der Waals surface area contributed by atoms with E-state index >= 15 is 0 Å². The van der Waals surface area contributed by atoms with Gasteiger partial charge in [-0.3, -0.25) is 28.8 Å². The maximum absolute atomic E-state index is 14.2. The minimum Gasteiger partial charge on any atom is -0.507 e. The number of ether oxygens (including phenoxy) is 6. The zero-order chi connectivity index (χ0) is 81.4. The lowest BCUT2D eigenvalue weighted by molar-refractivity contribution is 0.0972. The summed E-state index contributed by atoms with van der Waals surface area (Å²) in [7, 11) is 4.30. The molecular formula is C91H79N5O18. The average molecular weight is 1530 g/mol. The second-order valence-electron chi connectivity index (χ2n) is 30.9. The van der Waals surface area contributed by atoms with E-state index in [1.165, 1.54) is 39.5 Å². The molecule has 3 fully saturated rings. The Labute approximate surface area is 656 Å². The van der Waals surface area contributed by atoms with E-state index in [4.69, 9.17) is 39.9 Å². The second-order valence-corrected chi connectivity index (χ2v) is 30.9. The number of aliphatic hydroxyl groups is 3. The van der Waals surface area contributed by atoms with E-state index in [9.17, 15) is 59.4 Å². The van der Waals surface area contributed by atoms with Gasteiger partial charge >= 0.3 is 0 Å². The number of benzene rings is 6. The first-order chi connectivity index (χ1) is 54.4. The van der Waals surface area contributed by atoms with Gasteiger partial charge in [0.05, 0.1) is 88.5 Å². The van der Waals surface area contributed by atoms with Crippen LogP contribution in [0.15, 0.2) is 72.9 Å². The number of anilines is 3. The topological polar surface area (TPSA) is 377 Å². The molecule has 6 aromatic rings. The summed E-state index contributed by atoms with van der Waals surface area (Å²) in [5.41, 5.74) is 11.6. The van der Waals surface area contributed by atoms with Gasteiger partial charge in [0.15, 0.2) is 52.5 Å². The van der Waals surface area contributed by atoms with Crippen molar-refractivity contribution in [2.75, 3.05) is 37.3 Å². The number of epoxide rings is 3. The second kappa shape index (κ2) is 26.5. The number of phenols is 3. The number of nitrogens with one attached hydrogen (secondary N) is 3. The van der Waals surface area contributed by atoms with Gasteiger partial charge < -0.3 is 86.5 Å². The molecule has 0 radical (unpaired) electrons. The molecule has 0 aromatic heterocycles. The Balaban J connectivity index is 0.000000129. The van der Waals surface area contributed by atoms with Gasteiger partial charge in [-0.15, -0.1) is 0 Å². The SMILES string of the molecule is CCc1c(C)cc2c(c1OC)C(=O)c1c(O)cc3c(c1C2=O)N[C@H]1C#C/C=C\C#C[C@H](O)[C@@]32O[C@@]12C(C)C.COc1c(CN)c(C)cc2c1C(=O)c1c(O)cc3c(c1C2=O)N[C@H]1C#C/C=C\C#C[C@@H](O)[C@@]32O[C@@]12C(C)C.COc1c(CN)c(C)cc2c1C(=O)c1c(O)cc3c(c1C2=O)N[C@H]1C#C/C=C\C#C[C@H](O)[C@@]32O[C@@]12C(C)C. The number of nitrogens with two attached hydrogens (primary N) is 2. The first-order valence-corrected chi connectivity index (χ1v) is 37.4. The third-order valence-electron chi connectivity index (χ3n) is 24.7. The first kappa shape index (κ1) is 75.8. The number of methoxy groups -OCH3 is 3. The number of hydrogen-bond donors (Lipinski definition) is 11. The molecule has 6 aromatic carbocycles. The number of carbonyl (C=O) groups is 6. The Hall–Kier alpha value is -12.2. The van der Waals surface area contributed by atoms with E-state index in [0.717, 1.165) is 11.1 Å². The number of aromatic hydroxyl groups is 3. The Morgan fingerprint density at radius 1 is 0.395 bits per heavy atom. The summed E-state index contributed by atoms with van der Waals surface area (Å²) in [4.78, 5) is 84.2. The zero-order valence-corrected chi connectivity index (χ0v) is 64.5. The summed E-state index contributed by atoms with van der Waals surface area (Å²) in [6, 6.07) is 7.28. The van der Waals surface area contributed by atoms with Crippen molar-refractivity contribution in [2.45, 2.75) is 159 Å². The van der Waals surface area contributed by atoms with E-state index in [1.807, 2.05) is 55.4 Å². The van der Waals surface area contributed by atoms with Gasteiger partial charge in [0.2, 0.25) is 17.3 Å². The molecule has 114 heavy (non-hydrogen) atoms. The summed E-state index contributed by atoms with van der Waals surface area (Å²) in [6.45, 7) is 19.4. The van der Waals surface area contributed by atoms with Gasteiger partial charge in [-0.05, 0) is 140 Å². The predicted molar refractivity (Wildman–Crippen MR) is 419 cm³/mol. The van der Waals surface area contributed by atoms with Crippen molar-refractivity contribution in [1.82, 2.24) is 0 Å². The highest BCUT2D eigenvalue weighted by atomic mass is 16.7. The molecule has 6 heterocycles. The number of rotatable bonds is 9. The first-order valence-electron chi connectivity index (χ1n) is 37.4. The molecule has 6 aliphatic carbocycles. The van der Waals surface area contributed by atoms with Crippen LogP contribution in [-0.2, 0) is 50.5 Å². The summed E-state index contributed by atoms with van der Waals surface area (Å²) >= 11 is 0. The zero-order valence-electron chi connectivity index (χ0n) is 64.5. The van der Waals surface area contributed by atoms with Crippen LogP contribution in [0.1, 0.15) is 194 Å². The Bertz CT molecular complexity index is 5470. The van der Waals surface area contributed by atoms with Gasteiger partial charge in [0.25, 0.3) is 0 Å². The van der Waals surface area contributed by atoms with E-state index in [0.29, 0.717) is 68.2 Å². The molecule has 23 nitrogen and oxygen atoms in total. The largest absolute Gasteiger partial charge is 0.507 e. The van der Waals surface area contributed by atoms with Gasteiger partial charge in [-0.25, -0.2) is 0 Å². The number of ketones is 6. The molecule has 0 amide bonds. The quantitative estimate of drug-likeness (QED) is 0.0370. The van der Waals surface area contributed by atoms with Gasteiger partial charge in [0.1, 0.15) is 69.4 Å². The summed E-state index contributed by atoms with van der Waals surface area (Å²) in [5, 5.41) is 78.0. The fourth-order valence-corrected chi connectivity index (χ4v) is 19.5. The maximum atomic E-state index is 14.2. The van der Waals surface area contributed by atoms with Crippen LogP contribution in [-0.4, -0.2) is 140 Å². The van der Waals surface area contributed by atoms with Crippen molar-refractivity contribution in [1.29, 1.82) is 0 Å². The van der Waals surface area contributed by atoms with Crippen molar-refractivity contribution in [3.63, 3.8) is 0 Å². The molecular weight excluding hydrogens is 1450 g/mol. The lowest BCUT2D eigenvalue weighted by Gasteiger charge is -2.38. The highest BCUT2D eigenvalue weighted by Crippen LogP contribution is 2.72. The maximum Gasteiger partial charge on any atom is 0.202 e. The number of fused-ring (bicyclic) bond motifs is 12. The standard InChI is InChI=1S/C31H27NO6.2C30H26N2O6/c1-6-17-16(4)13-18-23(29(17)37-5)28(36)24-20(33)14-19-26(25(24)27(18)35)32-21-11-9-7-8-10-12-22(34)31(19)30(21,38-31)15(2)3;2*1-14(2)29-20-9-7-5-6-8-10-21(34)30(29,38-29)18-12-19(33)23-24(25(18)32-20)26(35)16-11-15(3)17(13-31)28(37-4)22(16)27(23)36/h7-8,13-15,21-22,32-34H,6H2,1-5H3;2*5-6,11-12,14,20-21,32-34H,13,31H2,1-4H3/b8-7-;2*6-5-/t21-,22-,30-,31-;20-,21+,29-,30-;20-,21-,29-,30-/m000/s1. The van der Waals surface area contributed by atoms with Crippen molar-refractivity contribution < 1.29 is 87.8 Å². The minimum atomic E-state index is -1.37. The van der Waals surface area contributed by atoms with Crippen LogP contribution in [0.4, 0.5) is 17.1 Å². The van der Waals surface area contributed by atoms with Crippen LogP contribution in [0.5, 0.6) is 34.5 Å². The number of allylic oxidation sites excluding steroid dienone is 6. The van der Waals surface area contributed by atoms with E-state index < -0.39 is 116 Å². The minimum absolute atomic E-state index is 0.00578. The molecule has 13 N–H and O–H groups in total. The van der Waals surface area contributed by atoms with Crippen molar-refractivity contribution in [3.8, 4) is 106 Å². The molecule has 576 valence electrons. The van der Waals surface area contributed by atoms with Crippen LogP contribution < -0.4 is 41.6 Å². The smallest absolute Gasteiger partial charge is 0.202 e. The summed E-state index contributed by atoms with van der Waals surface area (Å²) in [5.74, 6) is 31.5. The van der Waals surface area contributed by atoms with E-state index in [2.05, 4.69) is 87.0 Å². The lowest BCUT2D eigenvalue weighted by atomic mass is 9.67. The number of aryl methyl sites for hydroxylation is 3. The summed E-state index contributed by atoms with van der Waals surface area (Å²) < 4.78 is 36.0. The molecule has 0 saturated carbocycles. The van der Waals surface area contributed by atoms with Gasteiger partial charge in [-0.2, -0.15) is 0 Å². The molecule has 6 bridgehead atoms. The molecule has 23 heteroatoms. The average Bonchev–Trinajstić information content (AvgIpc) is 1.48. The van der Waals surface area contributed by atoms with Crippen molar-refractivity contribution in [3.05, 3.63) is 190 Å². The predicted octanol–water partition coefficient (Wildman–Crippen LogP) is 7.99. The normalized spacial score (nSPS) is 28.3. The lowest BCUT2D eigenvalue weighted by Crippen LogP contribution is -2.52. The van der Waals surface area contributed by atoms with Crippen LogP contribution in [0, 0.1) is 110 Å². The van der Waals surface area contributed by atoms with Crippen LogP contribution >= 0.6 is 0 Å². The Kier molecular flexibility index (Phi) is 17.6. The van der Waals surface area contributed by atoms with Crippen molar-refractivity contribution in [2.24, 2.45) is 29.2 Å². The Morgan fingerprint density at radius 2 is 0.649 bits per heavy atom. The molecule has 12 aliphatic rings. The summed E-state index contributed by atoms with van der Waals surface area (Å²) in [6.07, 6.45) is 6.17. The van der Waals surface area contributed by atoms with E-state index in [-0.39, 0.29) is 115 Å². The van der Waals surface area contributed by atoms with Crippen LogP contribution in [0.3, 0.4) is 0 Å². The molecule has 12 atom stereocenters. The fraction of sp³-hybridized carbons (Fsp3) is 0.341. The fourth-order valence-electron chi connectivity index (χ4n) is 19.5. The van der Waals surface area contributed by atoms with Crippen molar-refractivity contribution >= 4 is 51.8 Å². The molecule has 6 aliphatic heterocycles. The third-order valence-corrected chi connectivity index (χ3v) is 24.7. The number of carbonyl (C=O) groups excluding carboxylic acids is 6. The monoisotopic (exact) mass is 1530 g/mol. The highest BCUT2D eigenvalue weighted by molar-refractivity contribution is 6.35. The number of phenolic OH excluding ortho intramolecular Hbond substituents is 3. The van der Waals surface area contributed by atoms with E-state index in [1.54, 1.807) is 68.5 Å². The molecule has 0 unspecified atom stereocenters.